The Kier molecular flexibility index (Phi) is 4.14. The largest absolute Gasteiger partial charge is 0.310 e. The first-order chi connectivity index (χ1) is 10.0. The van der Waals surface area contributed by atoms with Gasteiger partial charge in [-0.25, -0.2) is 0 Å². The molecule has 21 heavy (non-hydrogen) atoms. The monoisotopic (exact) mass is 285 g/mol. The summed E-state index contributed by atoms with van der Waals surface area (Å²) < 4.78 is 0. The molecule has 1 aromatic carbocycles. The van der Waals surface area contributed by atoms with Crippen LogP contribution in [0.4, 0.5) is 0 Å². The molecular weight excluding hydrogens is 254 g/mol. The Morgan fingerprint density at radius 1 is 1.05 bits per heavy atom. The third kappa shape index (κ3) is 3.04. The molecule has 0 amide bonds. The fourth-order valence-electron chi connectivity index (χ4n) is 4.16. The van der Waals surface area contributed by atoms with Crippen LogP contribution in [0.2, 0.25) is 0 Å². The Labute approximate surface area is 130 Å². The van der Waals surface area contributed by atoms with Crippen LogP contribution in [0.5, 0.6) is 0 Å². The van der Waals surface area contributed by atoms with Crippen molar-refractivity contribution in [3.8, 4) is 0 Å². The summed E-state index contributed by atoms with van der Waals surface area (Å²) in [5.41, 5.74) is 3.26. The SMILES string of the molecule is CCNC(c1ccc(C(C)(C)CC)cc1)C1CC2CC2C1. The van der Waals surface area contributed by atoms with E-state index in [-0.39, 0.29) is 0 Å². The summed E-state index contributed by atoms with van der Waals surface area (Å²) in [6, 6.07) is 10.0. The van der Waals surface area contributed by atoms with Crippen molar-refractivity contribution in [2.75, 3.05) is 6.54 Å². The first kappa shape index (κ1) is 15.1. The molecule has 3 unspecified atom stereocenters. The predicted molar refractivity (Wildman–Crippen MR) is 90.5 cm³/mol. The van der Waals surface area contributed by atoms with Gasteiger partial charge in [0.25, 0.3) is 0 Å². The zero-order valence-electron chi connectivity index (χ0n) is 14.2. The standard InChI is InChI=1S/C20H31N/c1-5-20(3,4)18-9-7-14(8-10-18)19(21-6-2)17-12-15-11-16(15)13-17/h7-10,15-17,19,21H,5-6,11-13H2,1-4H3. The first-order valence-corrected chi connectivity index (χ1v) is 8.89. The van der Waals surface area contributed by atoms with Gasteiger partial charge in [0.2, 0.25) is 0 Å². The predicted octanol–water partition coefficient (Wildman–Crippen LogP) is 5.07. The Balaban J connectivity index is 1.76. The van der Waals surface area contributed by atoms with Crippen molar-refractivity contribution in [3.63, 3.8) is 0 Å². The number of hydrogen-bond donors (Lipinski definition) is 1. The van der Waals surface area contributed by atoms with Gasteiger partial charge in [-0.1, -0.05) is 52.0 Å². The van der Waals surface area contributed by atoms with Crippen molar-refractivity contribution in [1.82, 2.24) is 5.32 Å². The third-order valence-corrected chi connectivity index (χ3v) is 6.11. The molecule has 0 heterocycles. The van der Waals surface area contributed by atoms with Crippen molar-refractivity contribution in [1.29, 1.82) is 0 Å². The van der Waals surface area contributed by atoms with Crippen molar-refractivity contribution in [3.05, 3.63) is 35.4 Å². The van der Waals surface area contributed by atoms with E-state index >= 15 is 0 Å². The molecule has 0 saturated heterocycles. The van der Waals surface area contributed by atoms with Crippen LogP contribution in [0, 0.1) is 17.8 Å². The number of fused-ring (bicyclic) bond motifs is 1. The summed E-state index contributed by atoms with van der Waals surface area (Å²) >= 11 is 0. The summed E-state index contributed by atoms with van der Waals surface area (Å²) in [5, 5.41) is 3.75. The third-order valence-electron chi connectivity index (χ3n) is 6.11. The molecular formula is C20H31N. The Morgan fingerprint density at radius 2 is 1.67 bits per heavy atom. The molecule has 0 aromatic heterocycles. The molecule has 2 aliphatic rings. The van der Waals surface area contributed by atoms with Crippen molar-refractivity contribution < 1.29 is 0 Å². The van der Waals surface area contributed by atoms with Gasteiger partial charge in [-0.05, 0) is 66.5 Å². The van der Waals surface area contributed by atoms with Crippen LogP contribution in [-0.2, 0) is 5.41 Å². The van der Waals surface area contributed by atoms with Gasteiger partial charge in [0.15, 0.2) is 0 Å². The smallest absolute Gasteiger partial charge is 0.0348 e. The van der Waals surface area contributed by atoms with E-state index in [1.165, 1.54) is 36.8 Å². The van der Waals surface area contributed by atoms with E-state index in [2.05, 4.69) is 57.3 Å². The van der Waals surface area contributed by atoms with E-state index in [4.69, 9.17) is 0 Å². The van der Waals surface area contributed by atoms with Gasteiger partial charge in [-0.2, -0.15) is 0 Å². The number of benzene rings is 1. The Hall–Kier alpha value is -0.820. The highest BCUT2D eigenvalue weighted by Gasteiger charge is 2.47. The minimum Gasteiger partial charge on any atom is -0.310 e. The van der Waals surface area contributed by atoms with E-state index in [0.717, 1.165) is 24.3 Å². The molecule has 2 aliphatic carbocycles. The maximum Gasteiger partial charge on any atom is 0.0348 e. The highest BCUT2D eigenvalue weighted by Crippen LogP contribution is 2.57. The average molecular weight is 285 g/mol. The number of rotatable bonds is 6. The molecule has 3 rings (SSSR count). The lowest BCUT2D eigenvalue weighted by Crippen LogP contribution is -2.28. The van der Waals surface area contributed by atoms with Crippen molar-refractivity contribution >= 4 is 0 Å². The molecule has 3 atom stereocenters. The highest BCUT2D eigenvalue weighted by atomic mass is 14.9. The molecule has 0 spiro atoms. The average Bonchev–Trinajstić information content (AvgIpc) is 3.11. The molecule has 1 nitrogen and oxygen atoms in total. The van der Waals surface area contributed by atoms with Crippen LogP contribution in [0.1, 0.15) is 70.5 Å². The molecule has 116 valence electrons. The topological polar surface area (TPSA) is 12.0 Å². The lowest BCUT2D eigenvalue weighted by Gasteiger charge is -2.28. The summed E-state index contributed by atoms with van der Waals surface area (Å²) in [6.07, 6.45) is 5.60. The van der Waals surface area contributed by atoms with E-state index in [9.17, 15) is 0 Å². The van der Waals surface area contributed by atoms with E-state index in [1.54, 1.807) is 0 Å². The van der Waals surface area contributed by atoms with Gasteiger partial charge in [0, 0.05) is 6.04 Å². The molecule has 0 radical (unpaired) electrons. The van der Waals surface area contributed by atoms with Crippen molar-refractivity contribution in [2.45, 2.75) is 64.8 Å². The van der Waals surface area contributed by atoms with Gasteiger partial charge in [-0.3, -0.25) is 0 Å². The molecule has 0 aliphatic heterocycles. The van der Waals surface area contributed by atoms with E-state index < -0.39 is 0 Å². The summed E-state index contributed by atoms with van der Waals surface area (Å²) in [5.74, 6) is 2.99. The zero-order chi connectivity index (χ0) is 15.0. The Morgan fingerprint density at radius 3 is 2.19 bits per heavy atom. The second-order valence-electron chi connectivity index (χ2n) is 7.88. The summed E-state index contributed by atoms with van der Waals surface area (Å²) in [6.45, 7) is 10.3. The number of nitrogens with one attached hydrogen (secondary N) is 1. The lowest BCUT2D eigenvalue weighted by atomic mass is 9.81. The molecule has 1 heteroatoms. The normalized spacial score (nSPS) is 29.2. The maximum atomic E-state index is 3.75. The summed E-state index contributed by atoms with van der Waals surface area (Å²) in [7, 11) is 0. The fourth-order valence-corrected chi connectivity index (χ4v) is 4.16. The van der Waals surface area contributed by atoms with Crippen LogP contribution >= 0.6 is 0 Å². The molecule has 1 N–H and O–H groups in total. The summed E-state index contributed by atoms with van der Waals surface area (Å²) in [4.78, 5) is 0. The highest BCUT2D eigenvalue weighted by molar-refractivity contribution is 5.30. The second-order valence-corrected chi connectivity index (χ2v) is 7.88. The van der Waals surface area contributed by atoms with Gasteiger partial charge in [0.05, 0.1) is 0 Å². The number of hydrogen-bond acceptors (Lipinski definition) is 1. The molecule has 1 aromatic rings. The molecule has 2 saturated carbocycles. The zero-order valence-corrected chi connectivity index (χ0v) is 14.2. The van der Waals surface area contributed by atoms with Gasteiger partial charge < -0.3 is 5.32 Å². The van der Waals surface area contributed by atoms with Crippen LogP contribution < -0.4 is 5.32 Å². The van der Waals surface area contributed by atoms with Gasteiger partial charge in [0.1, 0.15) is 0 Å². The Bertz CT molecular complexity index is 463. The second kappa shape index (κ2) is 5.76. The molecule has 0 bridgehead atoms. The van der Waals surface area contributed by atoms with E-state index in [0.29, 0.717) is 11.5 Å². The fraction of sp³-hybridized carbons (Fsp3) is 0.700. The quantitative estimate of drug-likeness (QED) is 0.769. The van der Waals surface area contributed by atoms with Gasteiger partial charge in [-0.15, -0.1) is 0 Å². The minimum atomic E-state index is 0.293. The minimum absolute atomic E-state index is 0.293. The lowest BCUT2D eigenvalue weighted by molar-refractivity contribution is 0.346. The van der Waals surface area contributed by atoms with E-state index in [1.807, 2.05) is 0 Å². The van der Waals surface area contributed by atoms with Crippen LogP contribution in [-0.4, -0.2) is 6.54 Å². The van der Waals surface area contributed by atoms with Crippen molar-refractivity contribution in [2.24, 2.45) is 17.8 Å². The maximum absolute atomic E-state index is 3.75. The van der Waals surface area contributed by atoms with Crippen LogP contribution in [0.3, 0.4) is 0 Å². The van der Waals surface area contributed by atoms with Crippen LogP contribution in [0.25, 0.3) is 0 Å². The molecule has 2 fully saturated rings. The first-order valence-electron chi connectivity index (χ1n) is 8.89. The van der Waals surface area contributed by atoms with Crippen LogP contribution in [0.15, 0.2) is 24.3 Å². The van der Waals surface area contributed by atoms with Gasteiger partial charge >= 0.3 is 0 Å².